The second-order valence-corrected chi connectivity index (χ2v) is 18.9. The van der Waals surface area contributed by atoms with Crippen molar-refractivity contribution >= 4 is 28.1 Å². The molecule has 45 heavy (non-hydrogen) atoms. The van der Waals surface area contributed by atoms with Crippen molar-refractivity contribution in [3.05, 3.63) is 42.7 Å². The highest BCUT2D eigenvalue weighted by Gasteiger charge is 2.62. The third-order valence-electron chi connectivity index (χ3n) is 11.6. The lowest BCUT2D eigenvalue weighted by Gasteiger charge is -2.58. The van der Waals surface area contributed by atoms with Gasteiger partial charge in [0.25, 0.3) is 0 Å². The molecule has 10 heteroatoms. The van der Waals surface area contributed by atoms with E-state index in [-0.39, 0.29) is 52.6 Å². The molecule has 2 aliphatic carbocycles. The number of benzene rings is 1. The van der Waals surface area contributed by atoms with Crippen LogP contribution in [0.3, 0.4) is 0 Å². The van der Waals surface area contributed by atoms with E-state index < -0.39 is 16.1 Å². The van der Waals surface area contributed by atoms with E-state index in [1.54, 1.807) is 29.2 Å². The molecule has 1 aromatic rings. The maximum absolute atomic E-state index is 14.3. The van der Waals surface area contributed by atoms with Gasteiger partial charge in [-0.25, -0.2) is 14.0 Å². The minimum atomic E-state index is -1.40. The number of fused-ring (bicyclic) bond motifs is 4. The van der Waals surface area contributed by atoms with Crippen LogP contribution in [0, 0.1) is 34.9 Å². The zero-order valence-corrected chi connectivity index (χ0v) is 28.9. The average molecular weight is 648 g/mol. The number of amides is 3. The number of likely N-dealkylation sites (tertiary alicyclic amines) is 2. The standard InChI is InChI=1S/C35H54FN3O5S/c1-8-19-43-33(41)39-23-35(15-17-38(18-16-35)32(40)37-29-12-10-9-11-28(29)36)31-26-14-13-25(42-5)20-24(26)21-27(31)30(39)22-44-45(6,7)34(2,3)4/h8-12,24-27,30-31H,1,13-23H2,2-7H3,(H,37,40)/t24?,25?,26?,27?,30-,31?/m0/s1. The number of carbonyl (C=O) groups excluding carboxylic acids is 2. The lowest BCUT2D eigenvalue weighted by atomic mass is 9.57. The van der Waals surface area contributed by atoms with Crippen LogP contribution in [-0.4, -0.2) is 91.3 Å². The first-order valence-corrected chi connectivity index (χ1v) is 18.9. The number of hydrogen-bond acceptors (Lipinski definition) is 5. The summed E-state index contributed by atoms with van der Waals surface area (Å²) in [6, 6.07) is 5.89. The Morgan fingerprint density at radius 2 is 1.84 bits per heavy atom. The molecule has 2 saturated carbocycles. The van der Waals surface area contributed by atoms with Crippen molar-refractivity contribution in [1.82, 2.24) is 9.80 Å². The molecule has 6 atom stereocenters. The number of rotatable bonds is 7. The van der Waals surface area contributed by atoms with E-state index in [0.29, 0.717) is 44.0 Å². The molecule has 5 rings (SSSR count). The van der Waals surface area contributed by atoms with E-state index in [4.69, 9.17) is 13.7 Å². The number of urea groups is 1. The van der Waals surface area contributed by atoms with Crippen LogP contribution in [0.25, 0.3) is 0 Å². The Morgan fingerprint density at radius 3 is 2.49 bits per heavy atom. The molecule has 1 aromatic carbocycles. The summed E-state index contributed by atoms with van der Waals surface area (Å²) in [4.78, 5) is 30.8. The Morgan fingerprint density at radius 1 is 1.13 bits per heavy atom. The van der Waals surface area contributed by atoms with Crippen molar-refractivity contribution in [3.8, 4) is 0 Å². The summed E-state index contributed by atoms with van der Waals surface area (Å²) >= 11 is 0. The molecule has 0 bridgehead atoms. The van der Waals surface area contributed by atoms with E-state index in [1.807, 2.05) is 12.0 Å². The van der Waals surface area contributed by atoms with E-state index in [9.17, 15) is 14.0 Å². The molecule has 1 N–H and O–H groups in total. The van der Waals surface area contributed by atoms with Crippen molar-refractivity contribution in [2.24, 2.45) is 29.1 Å². The number of piperidine rings is 2. The van der Waals surface area contributed by atoms with Crippen molar-refractivity contribution in [1.29, 1.82) is 0 Å². The highest BCUT2D eigenvalue weighted by atomic mass is 32.3. The van der Waals surface area contributed by atoms with Gasteiger partial charge in [-0.3, -0.25) is 0 Å². The normalized spacial score (nSPS) is 29.9. The summed E-state index contributed by atoms with van der Waals surface area (Å²) in [7, 11) is 0.419. The number of anilines is 1. The topological polar surface area (TPSA) is 80.3 Å². The highest BCUT2D eigenvalue weighted by Crippen LogP contribution is 2.63. The molecule has 4 aliphatic rings. The van der Waals surface area contributed by atoms with Crippen molar-refractivity contribution in [2.75, 3.05) is 57.8 Å². The van der Waals surface area contributed by atoms with E-state index in [0.717, 1.165) is 38.5 Å². The fourth-order valence-corrected chi connectivity index (χ4v) is 9.39. The molecule has 3 amide bonds. The number of carbonyl (C=O) groups is 2. The molecule has 252 valence electrons. The van der Waals surface area contributed by atoms with Gasteiger partial charge >= 0.3 is 12.1 Å². The van der Waals surface area contributed by atoms with Crippen molar-refractivity contribution < 1.29 is 27.6 Å². The lowest BCUT2D eigenvalue weighted by molar-refractivity contribution is -0.0923. The van der Waals surface area contributed by atoms with Gasteiger partial charge in [0, 0.05) is 31.5 Å². The summed E-state index contributed by atoms with van der Waals surface area (Å²) < 4.78 is 32.7. The first-order chi connectivity index (χ1) is 21.3. The van der Waals surface area contributed by atoms with Gasteiger partial charge in [0.1, 0.15) is 12.4 Å². The molecule has 4 fully saturated rings. The molecule has 5 unspecified atom stereocenters. The number of nitrogens with one attached hydrogen (secondary N) is 1. The summed E-state index contributed by atoms with van der Waals surface area (Å²) in [5.74, 6) is 1.33. The molecule has 0 aromatic heterocycles. The zero-order chi connectivity index (χ0) is 32.6. The minimum Gasteiger partial charge on any atom is -0.445 e. The van der Waals surface area contributed by atoms with Crippen LogP contribution in [0.4, 0.5) is 19.7 Å². The first kappa shape index (κ1) is 34.0. The van der Waals surface area contributed by atoms with E-state index in [1.165, 1.54) is 6.07 Å². The van der Waals surface area contributed by atoms with Crippen LogP contribution >= 0.6 is 10.3 Å². The number of hydrogen-bond donors (Lipinski definition) is 1. The minimum absolute atomic E-state index is 0.00187. The molecule has 2 heterocycles. The summed E-state index contributed by atoms with van der Waals surface area (Å²) in [6.07, 6.45) is 11.9. The Labute approximate surface area is 270 Å². The molecular weight excluding hydrogens is 593 g/mol. The predicted molar refractivity (Wildman–Crippen MR) is 179 cm³/mol. The second-order valence-electron chi connectivity index (χ2n) is 15.0. The zero-order valence-electron chi connectivity index (χ0n) is 28.1. The molecule has 0 radical (unpaired) electrons. The average Bonchev–Trinajstić information content (AvgIpc) is 3.40. The van der Waals surface area contributed by atoms with Gasteiger partial charge in [-0.1, -0.05) is 45.6 Å². The Balaban J connectivity index is 1.43. The predicted octanol–water partition coefficient (Wildman–Crippen LogP) is 7.31. The van der Waals surface area contributed by atoms with E-state index in [2.05, 4.69) is 45.2 Å². The molecule has 2 saturated heterocycles. The number of ether oxygens (including phenoxy) is 2. The molecule has 8 nitrogen and oxygen atoms in total. The van der Waals surface area contributed by atoms with Crippen LogP contribution in [0.5, 0.6) is 0 Å². The van der Waals surface area contributed by atoms with Crippen LogP contribution in [0.15, 0.2) is 36.9 Å². The van der Waals surface area contributed by atoms with Crippen LogP contribution < -0.4 is 5.32 Å². The summed E-state index contributed by atoms with van der Waals surface area (Å²) in [5, 5.41) is 2.76. The quantitative estimate of drug-likeness (QED) is 0.314. The maximum Gasteiger partial charge on any atom is 0.410 e. The third-order valence-corrected chi connectivity index (χ3v) is 15.3. The monoisotopic (exact) mass is 647 g/mol. The van der Waals surface area contributed by atoms with Crippen molar-refractivity contribution in [2.45, 2.75) is 76.2 Å². The molecule has 1 spiro atoms. The Kier molecular flexibility index (Phi) is 10.2. The largest absolute Gasteiger partial charge is 0.445 e. The SMILES string of the molecule is C=CCOC(=O)N1CC2(CCN(C(=O)Nc3ccccc3F)CC2)C2C3CCC(OC)CC3CC2[C@@H]1COS(C)(C)C(C)(C)C. The van der Waals surface area contributed by atoms with Crippen LogP contribution in [-0.2, 0) is 13.7 Å². The van der Waals surface area contributed by atoms with Crippen LogP contribution in [0.1, 0.15) is 59.3 Å². The maximum atomic E-state index is 14.3. The summed E-state index contributed by atoms with van der Waals surface area (Å²) in [6.45, 7) is 12.8. The molecular formula is C35H54FN3O5S. The number of methoxy groups -OCH3 is 1. The Bertz CT molecular complexity index is 1230. The number of para-hydroxylation sites is 1. The van der Waals surface area contributed by atoms with Gasteiger partial charge in [-0.15, -0.1) is 10.3 Å². The van der Waals surface area contributed by atoms with Gasteiger partial charge in [-0.2, -0.15) is 0 Å². The lowest BCUT2D eigenvalue weighted by Crippen LogP contribution is -2.64. The van der Waals surface area contributed by atoms with Crippen LogP contribution in [0.2, 0.25) is 0 Å². The Hall–Kier alpha value is -2.30. The second kappa shape index (κ2) is 13.4. The summed E-state index contributed by atoms with van der Waals surface area (Å²) in [5.41, 5.74) is 0.0443. The third kappa shape index (κ3) is 6.89. The first-order valence-electron chi connectivity index (χ1n) is 16.5. The van der Waals surface area contributed by atoms with Crippen molar-refractivity contribution in [3.63, 3.8) is 0 Å². The number of nitrogens with zero attached hydrogens (tertiary/aromatic N) is 2. The number of halogens is 1. The van der Waals surface area contributed by atoms with Gasteiger partial charge < -0.3 is 28.8 Å². The van der Waals surface area contributed by atoms with Gasteiger partial charge in [0.05, 0.1) is 24.4 Å². The fraction of sp³-hybridized carbons (Fsp3) is 0.714. The van der Waals surface area contributed by atoms with Gasteiger partial charge in [-0.05, 0) is 92.3 Å². The highest BCUT2D eigenvalue weighted by molar-refractivity contribution is 8.29. The smallest absolute Gasteiger partial charge is 0.410 e. The van der Waals surface area contributed by atoms with E-state index >= 15 is 0 Å². The van der Waals surface area contributed by atoms with Gasteiger partial charge in [0.2, 0.25) is 0 Å². The fourth-order valence-electron chi connectivity index (χ4n) is 8.56. The molecule has 2 aliphatic heterocycles. The van der Waals surface area contributed by atoms with Gasteiger partial charge in [0.15, 0.2) is 0 Å².